The lowest BCUT2D eigenvalue weighted by Crippen LogP contribution is -2.11. The topological polar surface area (TPSA) is 55.4 Å². The quantitative estimate of drug-likeness (QED) is 0.0850. The zero-order valence-electron chi connectivity index (χ0n) is 42.7. The Morgan fingerprint density at radius 1 is 0.303 bits per heavy atom. The summed E-state index contributed by atoms with van der Waals surface area (Å²) in [5, 5.41) is 0. The molecule has 66 heavy (non-hydrogen) atoms. The molecule has 0 spiro atoms. The van der Waals surface area contributed by atoms with E-state index in [4.69, 9.17) is 27.1 Å². The molecule has 0 radical (unpaired) electrons. The molecule has 8 heteroatoms. The molecule has 6 aromatic carbocycles. The second kappa shape index (κ2) is 21.3. The van der Waals surface area contributed by atoms with Gasteiger partial charge >= 0.3 is 17.2 Å². The van der Waals surface area contributed by atoms with Crippen LogP contribution < -0.4 is 27.1 Å². The van der Waals surface area contributed by atoms with Gasteiger partial charge in [-0.1, -0.05) is 127 Å². The third kappa shape index (κ3) is 11.6. The van der Waals surface area contributed by atoms with Crippen molar-refractivity contribution in [2.24, 2.45) is 0 Å². The molecule has 0 saturated carbocycles. The minimum absolute atomic E-state index is 0.0873. The molecule has 0 aromatic heterocycles. The predicted octanol–water partition coefficient (Wildman–Crippen LogP) is 18.5. The Balaban J connectivity index is 1.63. The van der Waals surface area contributed by atoms with E-state index in [1.54, 1.807) is 0 Å². The van der Waals surface area contributed by atoms with Gasteiger partial charge in [0.1, 0.15) is 34.5 Å². The largest absolute Gasteiger partial charge is 0.530 e. The summed E-state index contributed by atoms with van der Waals surface area (Å²) in [5.41, 5.74) is 17.1. The molecule has 350 valence electrons. The van der Waals surface area contributed by atoms with Crippen LogP contribution >= 0.6 is 17.2 Å². The molecular formula is C58H72O6P2. The third-order valence-corrected chi connectivity index (χ3v) is 14.5. The molecule has 6 rings (SSSR count). The standard InChI is InChI=1S/C58H72O6P2/c1-33(2)47-23-19-39(11)29-53(47)61-65(59-51-25-21-37(9)27-43(51)15)63-57-49(35(5)6)31-41(13)45(17)55(57)56-46(18)42(14)32-50(36(7)8)58(56)64-66(60-52-26-22-38(10)28-44(52)16)62-54-30-40(12)20-24-48(54)34(3)4/h19-36H,1-18H3. The lowest BCUT2D eigenvalue weighted by atomic mass is 9.84. The Kier molecular flexibility index (Phi) is 16.3. The average Bonchev–Trinajstić information content (AvgIpc) is 3.22. The number of rotatable bonds is 17. The minimum Gasteiger partial charge on any atom is -0.408 e. The maximum Gasteiger partial charge on any atom is 0.530 e. The molecule has 2 atom stereocenters. The summed E-state index contributed by atoms with van der Waals surface area (Å²) in [7, 11) is -4.15. The lowest BCUT2D eigenvalue weighted by Gasteiger charge is -2.29. The third-order valence-electron chi connectivity index (χ3n) is 12.4. The second-order valence-electron chi connectivity index (χ2n) is 19.5. The van der Waals surface area contributed by atoms with Crippen molar-refractivity contribution in [3.8, 4) is 45.6 Å². The van der Waals surface area contributed by atoms with E-state index >= 15 is 0 Å². The Morgan fingerprint density at radius 2 is 0.606 bits per heavy atom. The summed E-state index contributed by atoms with van der Waals surface area (Å²) in [4.78, 5) is 0. The predicted molar refractivity (Wildman–Crippen MR) is 279 cm³/mol. The van der Waals surface area contributed by atoms with E-state index in [2.05, 4.69) is 197 Å². The average molecular weight is 927 g/mol. The monoisotopic (exact) mass is 926 g/mol. The van der Waals surface area contributed by atoms with Crippen LogP contribution in [0.15, 0.2) is 84.9 Å². The normalized spacial score (nSPS) is 12.5. The van der Waals surface area contributed by atoms with Gasteiger partial charge in [0, 0.05) is 11.1 Å². The molecule has 0 aliphatic rings. The van der Waals surface area contributed by atoms with Crippen LogP contribution in [0.2, 0.25) is 0 Å². The van der Waals surface area contributed by atoms with Crippen LogP contribution in [-0.2, 0) is 0 Å². The van der Waals surface area contributed by atoms with Gasteiger partial charge in [-0.15, -0.1) is 0 Å². The number of hydrogen-bond donors (Lipinski definition) is 0. The summed E-state index contributed by atoms with van der Waals surface area (Å²) >= 11 is 0. The maximum absolute atomic E-state index is 7.43. The summed E-state index contributed by atoms with van der Waals surface area (Å²) in [6, 6.07) is 29.7. The van der Waals surface area contributed by atoms with Gasteiger partial charge in [-0.25, -0.2) is 0 Å². The smallest absolute Gasteiger partial charge is 0.408 e. The number of aryl methyl sites for hydroxylation is 8. The SMILES string of the molecule is Cc1ccc(OP(Oc2cc(C)ccc2C(C)C)Oc2c(C(C)C)cc(C)c(C)c2-c2c(C)c(C)cc(C(C)C)c2OP(Oc2ccc(C)cc2C)Oc2cc(C)ccc2C(C)C)c(C)c1. The van der Waals surface area contributed by atoms with Crippen LogP contribution in [0.5, 0.6) is 34.5 Å². The van der Waals surface area contributed by atoms with Gasteiger partial charge in [-0.3, -0.25) is 0 Å². The highest BCUT2D eigenvalue weighted by molar-refractivity contribution is 7.43. The molecule has 0 fully saturated rings. The van der Waals surface area contributed by atoms with Gasteiger partial charge in [-0.05, 0) is 184 Å². The van der Waals surface area contributed by atoms with Crippen LogP contribution in [0.3, 0.4) is 0 Å². The van der Waals surface area contributed by atoms with Crippen molar-refractivity contribution in [1.82, 2.24) is 0 Å². The van der Waals surface area contributed by atoms with Gasteiger partial charge in [0.15, 0.2) is 0 Å². The molecule has 0 aliphatic carbocycles. The Hall–Kier alpha value is -5.02. The molecular weight excluding hydrogens is 855 g/mol. The fourth-order valence-corrected chi connectivity index (χ4v) is 10.6. The van der Waals surface area contributed by atoms with E-state index in [1.807, 2.05) is 12.1 Å². The van der Waals surface area contributed by atoms with Gasteiger partial charge < -0.3 is 27.1 Å². The van der Waals surface area contributed by atoms with Crippen LogP contribution in [0, 0.1) is 69.2 Å². The van der Waals surface area contributed by atoms with Crippen molar-refractivity contribution < 1.29 is 27.1 Å². The molecule has 6 aromatic rings. The molecule has 0 bridgehead atoms. The first kappa shape index (κ1) is 50.4. The maximum atomic E-state index is 7.43. The lowest BCUT2D eigenvalue weighted by molar-refractivity contribution is 0.379. The second-order valence-corrected chi connectivity index (χ2v) is 21.4. The van der Waals surface area contributed by atoms with Crippen molar-refractivity contribution >= 4 is 17.2 Å². The molecule has 2 unspecified atom stereocenters. The zero-order chi connectivity index (χ0) is 48.3. The van der Waals surface area contributed by atoms with Crippen molar-refractivity contribution in [2.75, 3.05) is 0 Å². The van der Waals surface area contributed by atoms with Gasteiger partial charge in [0.05, 0.1) is 0 Å². The molecule has 0 N–H and O–H groups in total. The number of benzene rings is 6. The van der Waals surface area contributed by atoms with E-state index < -0.39 is 17.2 Å². The molecule has 0 aliphatic heterocycles. The van der Waals surface area contributed by atoms with E-state index in [0.29, 0.717) is 23.0 Å². The van der Waals surface area contributed by atoms with Gasteiger partial charge in [0.25, 0.3) is 0 Å². The van der Waals surface area contributed by atoms with Crippen LogP contribution in [0.4, 0.5) is 0 Å². The fourth-order valence-electron chi connectivity index (χ4n) is 8.27. The minimum atomic E-state index is -2.07. The highest BCUT2D eigenvalue weighted by Gasteiger charge is 2.34. The Labute approximate surface area is 399 Å². The summed E-state index contributed by atoms with van der Waals surface area (Å²) in [5.74, 6) is 4.93. The van der Waals surface area contributed by atoms with Crippen molar-refractivity contribution in [2.45, 2.75) is 148 Å². The summed E-state index contributed by atoms with van der Waals surface area (Å²) < 4.78 is 42.8. The van der Waals surface area contributed by atoms with Crippen molar-refractivity contribution in [1.29, 1.82) is 0 Å². The fraction of sp³-hybridized carbons (Fsp3) is 0.379. The van der Waals surface area contributed by atoms with Crippen molar-refractivity contribution in [3.63, 3.8) is 0 Å². The molecule has 0 saturated heterocycles. The first-order chi connectivity index (χ1) is 31.1. The van der Waals surface area contributed by atoms with Crippen LogP contribution in [0.25, 0.3) is 11.1 Å². The van der Waals surface area contributed by atoms with Gasteiger partial charge in [-0.2, -0.15) is 0 Å². The van der Waals surface area contributed by atoms with E-state index in [9.17, 15) is 0 Å². The Bertz CT molecular complexity index is 2510. The van der Waals surface area contributed by atoms with E-state index in [1.165, 1.54) is 0 Å². The zero-order valence-corrected chi connectivity index (χ0v) is 44.5. The van der Waals surface area contributed by atoms with E-state index in [-0.39, 0.29) is 23.7 Å². The van der Waals surface area contributed by atoms with E-state index in [0.717, 1.165) is 101 Å². The molecule has 0 heterocycles. The highest BCUT2D eigenvalue weighted by Crippen LogP contribution is 2.56. The molecule has 6 nitrogen and oxygen atoms in total. The highest BCUT2D eigenvalue weighted by atomic mass is 31.2. The molecule has 0 amide bonds. The van der Waals surface area contributed by atoms with Gasteiger partial charge in [0.2, 0.25) is 0 Å². The first-order valence-electron chi connectivity index (χ1n) is 23.5. The summed E-state index contributed by atoms with van der Waals surface area (Å²) in [6.45, 7) is 38.8. The first-order valence-corrected chi connectivity index (χ1v) is 25.6. The van der Waals surface area contributed by atoms with Crippen molar-refractivity contribution in [3.05, 3.63) is 163 Å². The van der Waals surface area contributed by atoms with Crippen LogP contribution in [-0.4, -0.2) is 0 Å². The number of hydrogen-bond acceptors (Lipinski definition) is 6. The Morgan fingerprint density at radius 3 is 0.924 bits per heavy atom. The van der Waals surface area contributed by atoms with Crippen LogP contribution in [0.1, 0.15) is 157 Å². The summed E-state index contributed by atoms with van der Waals surface area (Å²) in [6.07, 6.45) is 0.